The summed E-state index contributed by atoms with van der Waals surface area (Å²) in [5.74, 6) is 0. The van der Waals surface area contributed by atoms with Crippen LogP contribution in [-0.4, -0.2) is 23.7 Å². The monoisotopic (exact) mass is 226 g/mol. The van der Waals surface area contributed by atoms with E-state index in [1.807, 2.05) is 12.1 Å². The molecule has 4 heteroatoms. The largest absolute Gasteiger partial charge is 0.382 e. The number of pyridine rings is 1. The second kappa shape index (κ2) is 4.37. The van der Waals surface area contributed by atoms with Gasteiger partial charge in [0.2, 0.25) is 0 Å². The number of nitrogens with one attached hydrogen (secondary N) is 1. The third-order valence-electron chi connectivity index (χ3n) is 2.69. The van der Waals surface area contributed by atoms with Crippen molar-refractivity contribution in [3.05, 3.63) is 23.5 Å². The summed E-state index contributed by atoms with van der Waals surface area (Å²) in [5, 5.41) is 3.83. The summed E-state index contributed by atoms with van der Waals surface area (Å²) in [4.78, 5) is 3.93. The Morgan fingerprint density at radius 2 is 2.53 bits per heavy atom. The third kappa shape index (κ3) is 2.83. The Bertz CT molecular complexity index is 337. The molecule has 1 fully saturated rings. The molecule has 1 aliphatic heterocycles. The molecule has 1 saturated heterocycles. The number of hydrogen-bond acceptors (Lipinski definition) is 3. The first-order chi connectivity index (χ1) is 7.18. The summed E-state index contributed by atoms with van der Waals surface area (Å²) in [6.45, 7) is 3.82. The lowest BCUT2D eigenvalue weighted by atomic mass is 10.0. The van der Waals surface area contributed by atoms with E-state index in [9.17, 15) is 0 Å². The Kier molecular flexibility index (Phi) is 3.12. The van der Waals surface area contributed by atoms with Crippen molar-refractivity contribution in [2.45, 2.75) is 25.4 Å². The van der Waals surface area contributed by atoms with Crippen LogP contribution in [0.3, 0.4) is 0 Å². The number of ether oxygens (including phenoxy) is 1. The maximum atomic E-state index is 5.79. The van der Waals surface area contributed by atoms with Gasteiger partial charge in [0.15, 0.2) is 0 Å². The molecular weight excluding hydrogens is 212 g/mol. The Hall–Kier alpha value is -0.800. The number of nitrogens with zero attached hydrogens (tertiary/aromatic N) is 1. The fourth-order valence-electron chi connectivity index (χ4n) is 1.78. The summed E-state index contributed by atoms with van der Waals surface area (Å²) in [5.41, 5.74) is 0.960. The molecule has 0 amide bonds. The number of aromatic nitrogens is 1. The van der Waals surface area contributed by atoms with E-state index in [1.165, 1.54) is 0 Å². The van der Waals surface area contributed by atoms with Crippen molar-refractivity contribution in [3.8, 4) is 0 Å². The van der Waals surface area contributed by atoms with Crippen LogP contribution in [0.4, 0.5) is 5.69 Å². The van der Waals surface area contributed by atoms with E-state index in [0.717, 1.165) is 31.7 Å². The highest BCUT2D eigenvalue weighted by atomic mass is 35.5. The van der Waals surface area contributed by atoms with Gasteiger partial charge in [-0.05, 0) is 31.9 Å². The van der Waals surface area contributed by atoms with Gasteiger partial charge in [-0.3, -0.25) is 0 Å². The van der Waals surface area contributed by atoms with Gasteiger partial charge in [-0.25, -0.2) is 4.98 Å². The van der Waals surface area contributed by atoms with Gasteiger partial charge < -0.3 is 10.1 Å². The molecule has 0 spiro atoms. The first kappa shape index (κ1) is 10.7. The molecule has 0 saturated carbocycles. The normalized spacial score (nSPS) is 25.5. The molecule has 0 aliphatic carbocycles. The molecule has 2 heterocycles. The van der Waals surface area contributed by atoms with Gasteiger partial charge in [-0.15, -0.1) is 0 Å². The molecule has 1 unspecified atom stereocenters. The Labute approximate surface area is 94.8 Å². The minimum Gasteiger partial charge on any atom is -0.382 e. The van der Waals surface area contributed by atoms with Crippen LogP contribution in [0.25, 0.3) is 0 Å². The summed E-state index contributed by atoms with van der Waals surface area (Å²) in [6.07, 6.45) is 3.95. The molecule has 0 aromatic carbocycles. The molecule has 1 atom stereocenters. The van der Waals surface area contributed by atoms with Gasteiger partial charge in [-0.1, -0.05) is 11.6 Å². The summed E-state index contributed by atoms with van der Waals surface area (Å²) in [7, 11) is 0. The van der Waals surface area contributed by atoms with Gasteiger partial charge in [0, 0.05) is 25.0 Å². The zero-order chi connectivity index (χ0) is 10.7. The smallest absolute Gasteiger partial charge is 0.131 e. The molecule has 1 N–H and O–H groups in total. The minimum absolute atomic E-state index is 0.0320. The molecule has 1 aliphatic rings. The highest BCUT2D eigenvalue weighted by molar-refractivity contribution is 6.29. The molecule has 0 bridgehead atoms. The summed E-state index contributed by atoms with van der Waals surface area (Å²) < 4.78 is 5.68. The predicted molar refractivity (Wildman–Crippen MR) is 61.3 cm³/mol. The summed E-state index contributed by atoms with van der Waals surface area (Å²) in [6, 6.07) is 3.73. The Morgan fingerprint density at radius 1 is 1.67 bits per heavy atom. The fourth-order valence-corrected chi connectivity index (χ4v) is 1.95. The molecule has 2 rings (SSSR count). The average Bonchev–Trinajstić information content (AvgIpc) is 2.63. The molecular formula is C11H15ClN2O. The van der Waals surface area contributed by atoms with Gasteiger partial charge >= 0.3 is 0 Å². The van der Waals surface area contributed by atoms with E-state index in [1.54, 1.807) is 6.20 Å². The van der Waals surface area contributed by atoms with Gasteiger partial charge in [0.05, 0.1) is 5.60 Å². The number of rotatable bonds is 3. The molecule has 1 aromatic rings. The van der Waals surface area contributed by atoms with E-state index in [4.69, 9.17) is 16.3 Å². The van der Waals surface area contributed by atoms with Crippen molar-refractivity contribution in [3.63, 3.8) is 0 Å². The molecule has 1 aromatic heterocycles. The average molecular weight is 227 g/mol. The van der Waals surface area contributed by atoms with Crippen LogP contribution in [0.2, 0.25) is 5.15 Å². The first-order valence-electron chi connectivity index (χ1n) is 5.17. The second-order valence-corrected chi connectivity index (χ2v) is 4.51. The first-order valence-corrected chi connectivity index (χ1v) is 5.55. The van der Waals surface area contributed by atoms with Crippen molar-refractivity contribution in [2.24, 2.45) is 0 Å². The molecule has 3 nitrogen and oxygen atoms in total. The Morgan fingerprint density at radius 3 is 3.20 bits per heavy atom. The third-order valence-corrected chi connectivity index (χ3v) is 2.90. The van der Waals surface area contributed by atoms with Crippen molar-refractivity contribution in [2.75, 3.05) is 18.5 Å². The SMILES string of the molecule is CC1(CNc2ccnc(Cl)c2)CCCO1. The van der Waals surface area contributed by atoms with Gasteiger partial charge in [0.1, 0.15) is 5.15 Å². The van der Waals surface area contributed by atoms with Crippen molar-refractivity contribution in [1.82, 2.24) is 4.98 Å². The highest BCUT2D eigenvalue weighted by Gasteiger charge is 2.29. The van der Waals surface area contributed by atoms with Gasteiger partial charge in [-0.2, -0.15) is 0 Å². The molecule has 15 heavy (non-hydrogen) atoms. The lowest BCUT2D eigenvalue weighted by Crippen LogP contribution is -2.32. The van der Waals surface area contributed by atoms with Crippen LogP contribution >= 0.6 is 11.6 Å². The number of halogens is 1. The number of hydrogen-bond donors (Lipinski definition) is 1. The van der Waals surface area contributed by atoms with Crippen molar-refractivity contribution in [1.29, 1.82) is 0 Å². The Balaban J connectivity index is 1.92. The van der Waals surface area contributed by atoms with E-state index in [2.05, 4.69) is 17.2 Å². The van der Waals surface area contributed by atoms with Crippen LogP contribution in [-0.2, 0) is 4.74 Å². The maximum absolute atomic E-state index is 5.79. The van der Waals surface area contributed by atoms with E-state index >= 15 is 0 Å². The predicted octanol–water partition coefficient (Wildman–Crippen LogP) is 2.72. The summed E-state index contributed by atoms with van der Waals surface area (Å²) >= 11 is 5.79. The van der Waals surface area contributed by atoms with Crippen LogP contribution < -0.4 is 5.32 Å². The minimum atomic E-state index is -0.0320. The van der Waals surface area contributed by atoms with Crippen molar-refractivity contribution < 1.29 is 4.74 Å². The molecule has 82 valence electrons. The van der Waals surface area contributed by atoms with E-state index in [-0.39, 0.29) is 5.60 Å². The van der Waals surface area contributed by atoms with Crippen LogP contribution in [0.15, 0.2) is 18.3 Å². The number of anilines is 1. The standard InChI is InChI=1S/C11H15ClN2O/c1-11(4-2-6-15-11)8-14-9-3-5-13-10(12)7-9/h3,5,7H,2,4,6,8H2,1H3,(H,13,14). The maximum Gasteiger partial charge on any atom is 0.131 e. The highest BCUT2D eigenvalue weighted by Crippen LogP contribution is 2.25. The fraction of sp³-hybridized carbons (Fsp3) is 0.545. The second-order valence-electron chi connectivity index (χ2n) is 4.12. The lowest BCUT2D eigenvalue weighted by molar-refractivity contribution is 0.0315. The van der Waals surface area contributed by atoms with E-state index < -0.39 is 0 Å². The topological polar surface area (TPSA) is 34.2 Å². The zero-order valence-electron chi connectivity index (χ0n) is 8.79. The quantitative estimate of drug-likeness (QED) is 0.805. The van der Waals surface area contributed by atoms with Crippen LogP contribution in [0.5, 0.6) is 0 Å². The van der Waals surface area contributed by atoms with Crippen LogP contribution in [0, 0.1) is 0 Å². The molecule has 0 radical (unpaired) electrons. The van der Waals surface area contributed by atoms with E-state index in [0.29, 0.717) is 5.15 Å². The van der Waals surface area contributed by atoms with Crippen molar-refractivity contribution >= 4 is 17.3 Å². The van der Waals surface area contributed by atoms with Crippen LogP contribution in [0.1, 0.15) is 19.8 Å². The lowest BCUT2D eigenvalue weighted by Gasteiger charge is -2.23. The van der Waals surface area contributed by atoms with Gasteiger partial charge in [0.25, 0.3) is 0 Å². The zero-order valence-corrected chi connectivity index (χ0v) is 9.55.